The first kappa shape index (κ1) is 18.8. The fraction of sp³-hybridized carbons (Fsp3) is 1.00. The SMILES string of the molecule is CC(C)(C)OS(=O)(=O)CCCS(=O)(=O)OC(C)(C)C. The molecule has 0 aromatic heterocycles. The van der Waals surface area contributed by atoms with Gasteiger partial charge in [-0.15, -0.1) is 0 Å². The highest BCUT2D eigenvalue weighted by molar-refractivity contribution is 7.87. The van der Waals surface area contributed by atoms with Crippen LogP contribution in [0.4, 0.5) is 0 Å². The molecule has 0 saturated heterocycles. The van der Waals surface area contributed by atoms with E-state index < -0.39 is 31.4 Å². The Kier molecular flexibility index (Phi) is 6.01. The van der Waals surface area contributed by atoms with Crippen LogP contribution in [0.25, 0.3) is 0 Å². The molecule has 0 spiro atoms. The van der Waals surface area contributed by atoms with E-state index in [9.17, 15) is 16.8 Å². The van der Waals surface area contributed by atoms with Gasteiger partial charge in [-0.3, -0.25) is 8.37 Å². The van der Waals surface area contributed by atoms with E-state index in [-0.39, 0.29) is 17.9 Å². The molecule has 0 aromatic rings. The molecule has 0 aliphatic heterocycles. The lowest BCUT2D eigenvalue weighted by molar-refractivity contribution is 0.139. The fourth-order valence-electron chi connectivity index (χ4n) is 1.26. The molecule has 6 nitrogen and oxygen atoms in total. The van der Waals surface area contributed by atoms with Crippen LogP contribution < -0.4 is 0 Å². The minimum atomic E-state index is -3.73. The highest BCUT2D eigenvalue weighted by Crippen LogP contribution is 2.15. The molecule has 0 unspecified atom stereocenters. The van der Waals surface area contributed by atoms with E-state index in [1.807, 2.05) is 0 Å². The van der Waals surface area contributed by atoms with Crippen molar-refractivity contribution < 1.29 is 25.2 Å². The van der Waals surface area contributed by atoms with Crippen molar-refractivity contribution in [2.45, 2.75) is 59.2 Å². The van der Waals surface area contributed by atoms with Crippen molar-refractivity contribution in [1.82, 2.24) is 0 Å². The maximum atomic E-state index is 11.6. The summed E-state index contributed by atoms with van der Waals surface area (Å²) < 4.78 is 56.0. The number of rotatable bonds is 6. The Labute approximate surface area is 116 Å². The molecule has 0 N–H and O–H groups in total. The molecule has 0 rings (SSSR count). The Bertz CT molecular complexity index is 430. The summed E-state index contributed by atoms with van der Waals surface area (Å²) in [7, 11) is -7.45. The van der Waals surface area contributed by atoms with Crippen LogP contribution in [0.2, 0.25) is 0 Å². The van der Waals surface area contributed by atoms with E-state index >= 15 is 0 Å². The number of hydrogen-bond donors (Lipinski definition) is 0. The van der Waals surface area contributed by atoms with Gasteiger partial charge in [-0.05, 0) is 48.0 Å². The molecule has 8 heteroatoms. The first-order valence-electron chi connectivity index (χ1n) is 5.99. The Morgan fingerprint density at radius 2 is 0.947 bits per heavy atom. The molecule has 0 aliphatic carbocycles. The minimum absolute atomic E-state index is 0.0587. The molecule has 19 heavy (non-hydrogen) atoms. The van der Waals surface area contributed by atoms with Crippen molar-refractivity contribution >= 4 is 20.2 Å². The Morgan fingerprint density at radius 3 is 1.16 bits per heavy atom. The first-order chi connectivity index (χ1) is 8.12. The van der Waals surface area contributed by atoms with E-state index in [1.165, 1.54) is 0 Å². The molecule has 0 amide bonds. The summed E-state index contributed by atoms with van der Waals surface area (Å²) in [6.07, 6.45) is -0.0587. The molecule has 0 aromatic carbocycles. The summed E-state index contributed by atoms with van der Waals surface area (Å²) in [6, 6.07) is 0. The normalized spacial score (nSPS) is 14.6. The van der Waals surface area contributed by atoms with E-state index in [2.05, 4.69) is 0 Å². The van der Waals surface area contributed by atoms with Gasteiger partial charge in [0.1, 0.15) is 0 Å². The van der Waals surface area contributed by atoms with Crippen LogP contribution in [0, 0.1) is 0 Å². The van der Waals surface area contributed by atoms with Crippen LogP contribution in [-0.4, -0.2) is 39.5 Å². The Hall–Kier alpha value is -0.180. The van der Waals surface area contributed by atoms with Crippen molar-refractivity contribution in [1.29, 1.82) is 0 Å². The van der Waals surface area contributed by atoms with E-state index in [0.29, 0.717) is 0 Å². The van der Waals surface area contributed by atoms with Gasteiger partial charge in [0.25, 0.3) is 20.2 Å². The second kappa shape index (κ2) is 6.07. The van der Waals surface area contributed by atoms with Crippen molar-refractivity contribution in [3.05, 3.63) is 0 Å². The summed E-state index contributed by atoms with van der Waals surface area (Å²) in [4.78, 5) is 0. The van der Waals surface area contributed by atoms with Gasteiger partial charge < -0.3 is 0 Å². The highest BCUT2D eigenvalue weighted by atomic mass is 32.2. The summed E-state index contributed by atoms with van der Waals surface area (Å²) in [5, 5.41) is 0. The maximum Gasteiger partial charge on any atom is 0.267 e. The summed E-state index contributed by atoms with van der Waals surface area (Å²) in [5.74, 6) is -0.700. The van der Waals surface area contributed by atoms with Crippen LogP contribution in [-0.2, 0) is 28.6 Å². The van der Waals surface area contributed by atoms with Gasteiger partial charge in [-0.1, -0.05) is 0 Å². The average molecular weight is 316 g/mol. The molecule has 116 valence electrons. The maximum absolute atomic E-state index is 11.6. The second-order valence-corrected chi connectivity index (χ2v) is 9.65. The summed E-state index contributed by atoms with van der Waals surface area (Å²) in [6.45, 7) is 9.69. The van der Waals surface area contributed by atoms with Crippen molar-refractivity contribution in [2.24, 2.45) is 0 Å². The van der Waals surface area contributed by atoms with Crippen LogP contribution in [0.3, 0.4) is 0 Å². The van der Waals surface area contributed by atoms with Crippen molar-refractivity contribution in [2.75, 3.05) is 11.5 Å². The monoisotopic (exact) mass is 316 g/mol. The Morgan fingerprint density at radius 1 is 0.684 bits per heavy atom. The van der Waals surface area contributed by atoms with Crippen LogP contribution >= 0.6 is 0 Å². The Balaban J connectivity index is 4.39. The fourth-order valence-corrected chi connectivity index (χ4v) is 4.13. The van der Waals surface area contributed by atoms with Gasteiger partial charge in [0.05, 0.1) is 22.7 Å². The van der Waals surface area contributed by atoms with Crippen LogP contribution in [0.15, 0.2) is 0 Å². The molecule has 0 fully saturated rings. The lowest BCUT2D eigenvalue weighted by Gasteiger charge is -2.20. The van der Waals surface area contributed by atoms with Crippen LogP contribution in [0.1, 0.15) is 48.0 Å². The lowest BCUT2D eigenvalue weighted by Crippen LogP contribution is -2.28. The summed E-state index contributed by atoms with van der Waals surface area (Å²) >= 11 is 0. The van der Waals surface area contributed by atoms with Gasteiger partial charge in [0, 0.05) is 0 Å². The van der Waals surface area contributed by atoms with E-state index in [1.54, 1.807) is 41.5 Å². The third-order valence-electron chi connectivity index (χ3n) is 1.54. The quantitative estimate of drug-likeness (QED) is 0.693. The molecule has 0 heterocycles. The third-order valence-corrected chi connectivity index (χ3v) is 4.63. The van der Waals surface area contributed by atoms with Gasteiger partial charge in [-0.2, -0.15) is 16.8 Å². The molecule has 0 saturated carbocycles. The molecular weight excluding hydrogens is 292 g/mol. The standard InChI is InChI=1S/C11H24O6S2/c1-10(2,3)16-18(12,13)8-7-9-19(14,15)17-11(4,5)6/h7-9H2,1-6H3. The molecule has 0 bridgehead atoms. The minimum Gasteiger partial charge on any atom is -0.264 e. The van der Waals surface area contributed by atoms with Crippen molar-refractivity contribution in [3.8, 4) is 0 Å². The first-order valence-corrected chi connectivity index (χ1v) is 9.14. The van der Waals surface area contributed by atoms with Crippen molar-refractivity contribution in [3.63, 3.8) is 0 Å². The predicted molar refractivity (Wildman–Crippen MR) is 73.9 cm³/mol. The molecule has 0 radical (unpaired) electrons. The van der Waals surface area contributed by atoms with Gasteiger partial charge in [0.2, 0.25) is 0 Å². The van der Waals surface area contributed by atoms with E-state index in [4.69, 9.17) is 8.37 Å². The zero-order valence-electron chi connectivity index (χ0n) is 12.4. The van der Waals surface area contributed by atoms with E-state index in [0.717, 1.165) is 0 Å². The smallest absolute Gasteiger partial charge is 0.264 e. The van der Waals surface area contributed by atoms with Gasteiger partial charge in [0.15, 0.2) is 0 Å². The van der Waals surface area contributed by atoms with Crippen LogP contribution in [0.5, 0.6) is 0 Å². The average Bonchev–Trinajstić information content (AvgIpc) is 1.90. The predicted octanol–water partition coefficient (Wildman–Crippen LogP) is 1.67. The zero-order chi connectivity index (χ0) is 15.5. The molecule has 0 aliphatic rings. The topological polar surface area (TPSA) is 86.7 Å². The zero-order valence-corrected chi connectivity index (χ0v) is 14.0. The van der Waals surface area contributed by atoms with Gasteiger partial charge >= 0.3 is 0 Å². The molecule has 0 atom stereocenters. The number of hydrogen-bond acceptors (Lipinski definition) is 6. The third kappa shape index (κ3) is 11.4. The largest absolute Gasteiger partial charge is 0.267 e. The second-order valence-electron chi connectivity index (χ2n) is 6.27. The van der Waals surface area contributed by atoms with Gasteiger partial charge in [-0.25, -0.2) is 0 Å². The highest BCUT2D eigenvalue weighted by Gasteiger charge is 2.25. The lowest BCUT2D eigenvalue weighted by atomic mass is 10.2. The summed E-state index contributed by atoms with van der Waals surface area (Å²) in [5.41, 5.74) is -1.64. The molecular formula is C11H24O6S2.